The molecule has 2 heterocycles. The lowest BCUT2D eigenvalue weighted by atomic mass is 10.0. The largest absolute Gasteiger partial charge is 0.335 e. The first-order chi connectivity index (χ1) is 11.1. The zero-order valence-electron chi connectivity index (χ0n) is 13.1. The summed E-state index contributed by atoms with van der Waals surface area (Å²) in [5.41, 5.74) is 0.302. The van der Waals surface area contributed by atoms with E-state index in [-0.39, 0.29) is 11.2 Å². The Morgan fingerprint density at radius 1 is 1.04 bits per heavy atom. The summed E-state index contributed by atoms with van der Waals surface area (Å²) in [7, 11) is -3.23. The summed E-state index contributed by atoms with van der Waals surface area (Å²) in [6.07, 6.45) is 9.09. The van der Waals surface area contributed by atoms with E-state index in [2.05, 4.69) is 9.97 Å². The van der Waals surface area contributed by atoms with Crippen molar-refractivity contribution < 1.29 is 13.2 Å². The lowest BCUT2D eigenvalue weighted by Gasteiger charge is -2.36. The molecule has 0 atom stereocenters. The van der Waals surface area contributed by atoms with E-state index in [1.165, 1.54) is 18.6 Å². The van der Waals surface area contributed by atoms with Crippen LogP contribution in [-0.2, 0) is 10.0 Å². The number of hydrogen-bond acceptors (Lipinski definition) is 5. The van der Waals surface area contributed by atoms with E-state index >= 15 is 0 Å². The highest BCUT2D eigenvalue weighted by Gasteiger charge is 2.35. The SMILES string of the molecule is O=C(c1cnccn1)N1CCN(S(=O)(=O)C2CCCCC2)CC1. The lowest BCUT2D eigenvalue weighted by Crippen LogP contribution is -2.52. The highest BCUT2D eigenvalue weighted by molar-refractivity contribution is 7.89. The summed E-state index contributed by atoms with van der Waals surface area (Å²) < 4.78 is 26.9. The molecule has 1 aliphatic heterocycles. The first-order valence-corrected chi connectivity index (χ1v) is 9.63. The molecule has 1 aromatic heterocycles. The zero-order valence-corrected chi connectivity index (χ0v) is 13.9. The molecular weight excluding hydrogens is 316 g/mol. The van der Waals surface area contributed by atoms with E-state index in [0.29, 0.717) is 31.9 Å². The molecule has 0 N–H and O–H groups in total. The minimum absolute atomic E-state index is 0.187. The number of carbonyl (C=O) groups excluding carboxylic acids is 1. The fourth-order valence-electron chi connectivity index (χ4n) is 3.29. The molecule has 1 aliphatic carbocycles. The van der Waals surface area contributed by atoms with Crippen LogP contribution in [0.3, 0.4) is 0 Å². The second-order valence-corrected chi connectivity index (χ2v) is 8.30. The van der Waals surface area contributed by atoms with E-state index in [1.54, 1.807) is 9.21 Å². The van der Waals surface area contributed by atoms with Gasteiger partial charge in [-0.15, -0.1) is 0 Å². The quantitative estimate of drug-likeness (QED) is 0.817. The summed E-state index contributed by atoms with van der Waals surface area (Å²) in [5, 5.41) is -0.238. The van der Waals surface area contributed by atoms with Crippen molar-refractivity contribution in [3.05, 3.63) is 24.3 Å². The van der Waals surface area contributed by atoms with Crippen LogP contribution in [0.2, 0.25) is 0 Å². The summed E-state index contributed by atoms with van der Waals surface area (Å²) in [5.74, 6) is -0.187. The van der Waals surface area contributed by atoms with Gasteiger partial charge < -0.3 is 4.90 Å². The molecule has 1 saturated heterocycles. The van der Waals surface area contributed by atoms with Gasteiger partial charge in [-0.3, -0.25) is 9.78 Å². The number of carbonyl (C=O) groups is 1. The fraction of sp³-hybridized carbons (Fsp3) is 0.667. The van der Waals surface area contributed by atoms with E-state index in [9.17, 15) is 13.2 Å². The van der Waals surface area contributed by atoms with Gasteiger partial charge in [0, 0.05) is 38.6 Å². The minimum atomic E-state index is -3.23. The molecule has 8 heteroatoms. The minimum Gasteiger partial charge on any atom is -0.335 e. The van der Waals surface area contributed by atoms with Crippen molar-refractivity contribution in [2.24, 2.45) is 0 Å². The van der Waals surface area contributed by atoms with Gasteiger partial charge in [-0.2, -0.15) is 4.31 Å². The highest BCUT2D eigenvalue weighted by Crippen LogP contribution is 2.26. The number of nitrogens with zero attached hydrogens (tertiary/aromatic N) is 4. The zero-order chi connectivity index (χ0) is 16.3. The molecule has 0 unspecified atom stereocenters. The Morgan fingerprint density at radius 2 is 1.74 bits per heavy atom. The normalized spacial score (nSPS) is 21.3. The van der Waals surface area contributed by atoms with Crippen molar-refractivity contribution in [1.82, 2.24) is 19.2 Å². The third kappa shape index (κ3) is 3.53. The highest BCUT2D eigenvalue weighted by atomic mass is 32.2. The Kier molecular flexibility index (Phi) is 4.91. The van der Waals surface area contributed by atoms with Gasteiger partial charge in [-0.1, -0.05) is 19.3 Å². The number of piperazine rings is 1. The van der Waals surface area contributed by atoms with Crippen LogP contribution in [0.25, 0.3) is 0 Å². The third-order valence-corrected chi connectivity index (χ3v) is 7.04. The van der Waals surface area contributed by atoms with E-state index in [4.69, 9.17) is 0 Å². The number of sulfonamides is 1. The Labute approximate surface area is 136 Å². The average Bonchev–Trinajstić information content (AvgIpc) is 2.63. The third-order valence-electron chi connectivity index (χ3n) is 4.64. The monoisotopic (exact) mass is 338 g/mol. The van der Waals surface area contributed by atoms with Crippen LogP contribution >= 0.6 is 0 Å². The van der Waals surface area contributed by atoms with Crippen molar-refractivity contribution in [1.29, 1.82) is 0 Å². The first kappa shape index (κ1) is 16.3. The standard InChI is InChI=1S/C15H22N4O3S/c20-15(14-12-16-6-7-17-14)18-8-10-19(11-9-18)23(21,22)13-4-2-1-3-5-13/h6-7,12-13H,1-5,8-11H2. The van der Waals surface area contributed by atoms with Crippen LogP contribution < -0.4 is 0 Å². The second-order valence-electron chi connectivity index (χ2n) is 6.09. The number of rotatable bonds is 3. The van der Waals surface area contributed by atoms with Gasteiger partial charge >= 0.3 is 0 Å². The van der Waals surface area contributed by atoms with Crippen molar-refractivity contribution in [2.75, 3.05) is 26.2 Å². The summed E-state index contributed by atoms with van der Waals surface area (Å²) in [4.78, 5) is 21.9. The molecule has 3 rings (SSSR count). The number of aromatic nitrogens is 2. The Bertz CT molecular complexity index is 636. The Balaban J connectivity index is 1.61. The van der Waals surface area contributed by atoms with Crippen LogP contribution in [0.4, 0.5) is 0 Å². The molecule has 2 fully saturated rings. The predicted molar refractivity (Wildman–Crippen MR) is 85.3 cm³/mol. The Hall–Kier alpha value is -1.54. The van der Waals surface area contributed by atoms with Crippen LogP contribution in [0, 0.1) is 0 Å². The predicted octanol–water partition coefficient (Wildman–Crippen LogP) is 0.897. The maximum atomic E-state index is 12.7. The molecule has 2 aliphatic rings. The van der Waals surface area contributed by atoms with Gasteiger partial charge in [0.1, 0.15) is 5.69 Å². The number of amides is 1. The average molecular weight is 338 g/mol. The molecule has 23 heavy (non-hydrogen) atoms. The van der Waals surface area contributed by atoms with Gasteiger partial charge in [0.15, 0.2) is 0 Å². The maximum absolute atomic E-state index is 12.7. The van der Waals surface area contributed by atoms with Gasteiger partial charge in [0.2, 0.25) is 10.0 Å². The second kappa shape index (κ2) is 6.92. The smallest absolute Gasteiger partial charge is 0.274 e. The van der Waals surface area contributed by atoms with Crippen molar-refractivity contribution in [2.45, 2.75) is 37.4 Å². The summed E-state index contributed by atoms with van der Waals surface area (Å²) in [6, 6.07) is 0. The van der Waals surface area contributed by atoms with E-state index in [0.717, 1.165) is 32.1 Å². The first-order valence-electron chi connectivity index (χ1n) is 8.13. The van der Waals surface area contributed by atoms with Gasteiger partial charge in [0.25, 0.3) is 5.91 Å². The van der Waals surface area contributed by atoms with Crippen LogP contribution in [0.15, 0.2) is 18.6 Å². The van der Waals surface area contributed by atoms with Crippen LogP contribution in [0.5, 0.6) is 0 Å². The molecule has 7 nitrogen and oxygen atoms in total. The molecule has 0 radical (unpaired) electrons. The maximum Gasteiger partial charge on any atom is 0.274 e. The summed E-state index contributed by atoms with van der Waals surface area (Å²) in [6.45, 7) is 1.54. The van der Waals surface area contributed by atoms with Crippen molar-refractivity contribution in [3.63, 3.8) is 0 Å². The molecule has 1 amide bonds. The van der Waals surface area contributed by atoms with Gasteiger partial charge in [-0.05, 0) is 12.8 Å². The molecule has 0 spiro atoms. The molecule has 1 aromatic rings. The molecular formula is C15H22N4O3S. The molecule has 0 aromatic carbocycles. The van der Waals surface area contributed by atoms with Crippen LogP contribution in [-0.4, -0.2) is 64.9 Å². The van der Waals surface area contributed by atoms with Crippen molar-refractivity contribution in [3.8, 4) is 0 Å². The molecule has 1 saturated carbocycles. The van der Waals surface area contributed by atoms with Crippen molar-refractivity contribution >= 4 is 15.9 Å². The number of hydrogen-bond donors (Lipinski definition) is 0. The molecule has 0 bridgehead atoms. The summed E-state index contributed by atoms with van der Waals surface area (Å²) >= 11 is 0. The lowest BCUT2D eigenvalue weighted by molar-refractivity contribution is 0.0690. The van der Waals surface area contributed by atoms with E-state index in [1.807, 2.05) is 0 Å². The molecule has 126 valence electrons. The van der Waals surface area contributed by atoms with Gasteiger partial charge in [0.05, 0.1) is 11.4 Å². The fourth-order valence-corrected chi connectivity index (χ4v) is 5.31. The van der Waals surface area contributed by atoms with E-state index < -0.39 is 10.0 Å². The topological polar surface area (TPSA) is 83.5 Å². The van der Waals surface area contributed by atoms with Crippen LogP contribution in [0.1, 0.15) is 42.6 Å². The Morgan fingerprint density at radius 3 is 2.35 bits per heavy atom. The van der Waals surface area contributed by atoms with Gasteiger partial charge in [-0.25, -0.2) is 13.4 Å².